The molecule has 0 saturated carbocycles. The molecule has 0 bridgehead atoms. The van der Waals surface area contributed by atoms with Gasteiger partial charge in [-0.15, -0.1) is 0 Å². The lowest BCUT2D eigenvalue weighted by atomic mass is 10.3. The molecule has 12 nitrogen and oxygen atoms in total. The van der Waals surface area contributed by atoms with Crippen molar-refractivity contribution in [2.45, 2.75) is 6.54 Å². The highest BCUT2D eigenvalue weighted by molar-refractivity contribution is 5.98. The molecule has 182 valence electrons. The smallest absolute Gasteiger partial charge is 0.248 e. The molecule has 2 amide bonds. The fourth-order valence-corrected chi connectivity index (χ4v) is 3.33. The lowest BCUT2D eigenvalue weighted by Gasteiger charge is -2.29. The Bertz CT molecular complexity index is 1210. The Hall–Kier alpha value is -4.45. The van der Waals surface area contributed by atoms with Crippen molar-refractivity contribution in [1.82, 2.24) is 25.1 Å². The molecule has 1 aliphatic rings. The summed E-state index contributed by atoms with van der Waals surface area (Å²) in [7, 11) is 1.57. The number of hydrogen-bond donors (Lipinski definition) is 3. The van der Waals surface area contributed by atoms with E-state index in [2.05, 4.69) is 42.5 Å². The molecular weight excluding hydrogens is 452 g/mol. The number of morpholine rings is 1. The second-order valence-electron chi connectivity index (χ2n) is 7.53. The summed E-state index contributed by atoms with van der Waals surface area (Å²) in [5.74, 6) is 0.654. The number of rotatable bonds is 9. The van der Waals surface area contributed by atoms with Crippen molar-refractivity contribution in [3.05, 3.63) is 55.5 Å². The van der Waals surface area contributed by atoms with Crippen LogP contribution in [0.1, 0.15) is 0 Å². The first kappa shape index (κ1) is 23.7. The van der Waals surface area contributed by atoms with Gasteiger partial charge in [0, 0.05) is 38.1 Å². The fraction of sp³-hybridized carbons (Fsp3) is 0.261. The summed E-state index contributed by atoms with van der Waals surface area (Å²) >= 11 is 0. The first-order chi connectivity index (χ1) is 17.0. The third-order valence-electron chi connectivity index (χ3n) is 5.06. The number of hydrogen-bond acceptors (Lipinski definition) is 9. The molecule has 0 radical (unpaired) electrons. The molecule has 0 unspecified atom stereocenters. The molecule has 1 aliphatic heterocycles. The van der Waals surface area contributed by atoms with Crippen molar-refractivity contribution < 1.29 is 19.1 Å². The quantitative estimate of drug-likeness (QED) is 0.394. The molecule has 1 aromatic carbocycles. The van der Waals surface area contributed by atoms with Crippen molar-refractivity contribution in [2.75, 3.05) is 48.9 Å². The number of carbonyl (C=O) groups excluding carboxylic acids is 2. The van der Waals surface area contributed by atoms with Gasteiger partial charge >= 0.3 is 0 Å². The Morgan fingerprint density at radius 1 is 1.23 bits per heavy atom. The van der Waals surface area contributed by atoms with E-state index in [1.54, 1.807) is 49.9 Å². The van der Waals surface area contributed by atoms with Gasteiger partial charge in [0.05, 0.1) is 31.3 Å². The van der Waals surface area contributed by atoms with Crippen molar-refractivity contribution in [1.29, 1.82) is 0 Å². The number of benzene rings is 1. The normalized spacial score (nSPS) is 13.1. The average Bonchev–Trinajstić information content (AvgIpc) is 3.31. The number of aromatic nitrogens is 4. The van der Waals surface area contributed by atoms with Crippen LogP contribution in [0.5, 0.6) is 11.6 Å². The largest absolute Gasteiger partial charge is 0.437 e. The molecule has 35 heavy (non-hydrogen) atoms. The van der Waals surface area contributed by atoms with Crippen molar-refractivity contribution in [3.8, 4) is 11.6 Å². The van der Waals surface area contributed by atoms with Gasteiger partial charge in [-0.2, -0.15) is 10.1 Å². The number of nitrogens with one attached hydrogen (secondary N) is 3. The molecule has 3 aromatic rings. The molecule has 3 heterocycles. The highest BCUT2D eigenvalue weighted by atomic mass is 16.5. The molecule has 1 saturated heterocycles. The van der Waals surface area contributed by atoms with E-state index in [9.17, 15) is 9.59 Å². The van der Waals surface area contributed by atoms with Crippen LogP contribution in [0, 0.1) is 0 Å². The number of carbonyl (C=O) groups is 2. The number of ether oxygens (including phenoxy) is 2. The highest BCUT2D eigenvalue weighted by Crippen LogP contribution is 2.33. The summed E-state index contributed by atoms with van der Waals surface area (Å²) < 4.78 is 13.1. The van der Waals surface area contributed by atoms with Crippen molar-refractivity contribution in [3.63, 3.8) is 0 Å². The lowest BCUT2D eigenvalue weighted by molar-refractivity contribution is -0.121. The van der Waals surface area contributed by atoms with Gasteiger partial charge in [-0.1, -0.05) is 12.6 Å². The molecule has 4 rings (SSSR count). The topological polar surface area (TPSA) is 136 Å². The minimum Gasteiger partial charge on any atom is -0.437 e. The predicted molar refractivity (Wildman–Crippen MR) is 130 cm³/mol. The third-order valence-corrected chi connectivity index (χ3v) is 5.06. The lowest BCUT2D eigenvalue weighted by Crippen LogP contribution is -2.36. The Balaban J connectivity index is 1.58. The Kier molecular flexibility index (Phi) is 7.53. The van der Waals surface area contributed by atoms with Gasteiger partial charge in [0.1, 0.15) is 18.0 Å². The predicted octanol–water partition coefficient (Wildman–Crippen LogP) is 1.92. The monoisotopic (exact) mass is 478 g/mol. The molecule has 3 N–H and O–H groups in total. The van der Waals surface area contributed by atoms with E-state index in [1.807, 2.05) is 0 Å². The van der Waals surface area contributed by atoms with Crippen LogP contribution in [0.2, 0.25) is 0 Å². The van der Waals surface area contributed by atoms with Crippen LogP contribution >= 0.6 is 0 Å². The van der Waals surface area contributed by atoms with E-state index in [0.717, 1.165) is 5.69 Å². The van der Waals surface area contributed by atoms with Crippen molar-refractivity contribution in [2.24, 2.45) is 0 Å². The van der Waals surface area contributed by atoms with Gasteiger partial charge in [0.15, 0.2) is 0 Å². The van der Waals surface area contributed by atoms with E-state index in [-0.39, 0.29) is 18.4 Å². The van der Waals surface area contributed by atoms with Gasteiger partial charge in [-0.05, 0) is 18.2 Å². The zero-order valence-corrected chi connectivity index (χ0v) is 19.2. The SMILES string of the molecule is C=CC(=O)Nc1cccc(Oc2nc(Nc3cnn(CC(=O)NC)c3)ncc2N2CCOCC2)c1. The van der Waals surface area contributed by atoms with Gasteiger partial charge in [-0.25, -0.2) is 4.98 Å². The Labute approximate surface area is 202 Å². The standard InChI is InChI=1S/C23H26N8O4/c1-3-20(32)27-16-5-4-6-18(11-16)35-22-19(30-7-9-34-10-8-30)13-25-23(29-22)28-17-12-26-31(14-17)15-21(33)24-2/h3-6,11-14H,1,7-10,15H2,2H3,(H,24,33)(H,27,32)(H,25,28,29). The number of amides is 2. The zero-order chi connectivity index (χ0) is 24.6. The van der Waals surface area contributed by atoms with Crippen LogP contribution in [0.15, 0.2) is 55.5 Å². The molecular formula is C23H26N8O4. The minimum atomic E-state index is -0.318. The van der Waals surface area contributed by atoms with E-state index in [1.165, 1.54) is 10.8 Å². The molecule has 12 heteroatoms. The van der Waals surface area contributed by atoms with Gasteiger partial charge in [-0.3, -0.25) is 14.3 Å². The van der Waals surface area contributed by atoms with E-state index in [4.69, 9.17) is 9.47 Å². The first-order valence-electron chi connectivity index (χ1n) is 10.9. The van der Waals surface area contributed by atoms with Crippen LogP contribution in [0.3, 0.4) is 0 Å². The zero-order valence-electron chi connectivity index (χ0n) is 19.2. The second kappa shape index (κ2) is 11.1. The molecule has 0 aliphatic carbocycles. The van der Waals surface area contributed by atoms with Gasteiger partial charge < -0.3 is 30.3 Å². The maximum absolute atomic E-state index is 11.7. The van der Waals surface area contributed by atoms with Gasteiger partial charge in [0.2, 0.25) is 23.6 Å². The molecule has 1 fully saturated rings. The van der Waals surface area contributed by atoms with Crippen molar-refractivity contribution >= 4 is 34.8 Å². The second-order valence-corrected chi connectivity index (χ2v) is 7.53. The Morgan fingerprint density at radius 2 is 2.06 bits per heavy atom. The number of likely N-dealkylation sites (N-methyl/N-ethyl adjacent to an activating group) is 1. The van der Waals surface area contributed by atoms with Crippen LogP contribution in [0.25, 0.3) is 0 Å². The fourth-order valence-electron chi connectivity index (χ4n) is 3.33. The highest BCUT2D eigenvalue weighted by Gasteiger charge is 2.19. The van der Waals surface area contributed by atoms with Crippen LogP contribution in [0.4, 0.5) is 23.0 Å². The number of anilines is 4. The van der Waals surface area contributed by atoms with Crippen LogP contribution in [-0.4, -0.2) is 64.9 Å². The van der Waals surface area contributed by atoms with Crippen LogP contribution in [-0.2, 0) is 20.9 Å². The average molecular weight is 479 g/mol. The maximum atomic E-state index is 11.7. The van der Waals surface area contributed by atoms with E-state index >= 15 is 0 Å². The minimum absolute atomic E-state index is 0.0993. The summed E-state index contributed by atoms with van der Waals surface area (Å²) in [6.45, 7) is 6.10. The summed E-state index contributed by atoms with van der Waals surface area (Å²) in [4.78, 5) is 34.4. The summed E-state index contributed by atoms with van der Waals surface area (Å²) in [6, 6.07) is 6.98. The number of nitrogens with zero attached hydrogens (tertiary/aromatic N) is 5. The maximum Gasteiger partial charge on any atom is 0.248 e. The van der Waals surface area contributed by atoms with Gasteiger partial charge in [0.25, 0.3) is 0 Å². The first-order valence-corrected chi connectivity index (χ1v) is 10.9. The van der Waals surface area contributed by atoms with Crippen LogP contribution < -0.4 is 25.6 Å². The summed E-state index contributed by atoms with van der Waals surface area (Å²) in [5.41, 5.74) is 1.90. The van der Waals surface area contributed by atoms with E-state index < -0.39 is 0 Å². The Morgan fingerprint density at radius 3 is 2.83 bits per heavy atom. The van der Waals surface area contributed by atoms with E-state index in [0.29, 0.717) is 55.3 Å². The summed E-state index contributed by atoms with van der Waals surface area (Å²) in [5, 5.41) is 12.5. The third kappa shape index (κ3) is 6.32. The molecule has 2 aromatic heterocycles. The molecule has 0 spiro atoms. The molecule has 0 atom stereocenters. The summed E-state index contributed by atoms with van der Waals surface area (Å²) in [6.07, 6.45) is 6.15.